The minimum atomic E-state index is 0.0729. The summed E-state index contributed by atoms with van der Waals surface area (Å²) in [7, 11) is 0. The molecule has 0 aromatic heterocycles. The van der Waals surface area contributed by atoms with Crippen molar-refractivity contribution in [2.24, 2.45) is 31.6 Å². The molecule has 40 heavy (non-hydrogen) atoms. The van der Waals surface area contributed by atoms with Crippen molar-refractivity contribution in [1.29, 1.82) is 0 Å². The first-order valence-corrected chi connectivity index (χ1v) is 14.8. The van der Waals surface area contributed by atoms with Crippen LogP contribution in [0.15, 0.2) is 34.3 Å². The molecule has 0 aliphatic heterocycles. The zero-order valence-corrected chi connectivity index (χ0v) is 27.5. The van der Waals surface area contributed by atoms with Gasteiger partial charge in [-0.15, -0.1) is 0 Å². The highest BCUT2D eigenvalue weighted by Gasteiger charge is 2.20. The van der Waals surface area contributed by atoms with Gasteiger partial charge in [0.25, 0.3) is 0 Å². The van der Waals surface area contributed by atoms with Gasteiger partial charge in [0.1, 0.15) is 11.5 Å². The van der Waals surface area contributed by atoms with Crippen LogP contribution in [-0.4, -0.2) is 35.7 Å². The first kappa shape index (κ1) is 33.6. The molecule has 0 heterocycles. The molecular weight excluding hydrogens is 492 g/mol. The van der Waals surface area contributed by atoms with Crippen LogP contribution in [0.2, 0.25) is 0 Å². The monoisotopic (exact) mass is 548 g/mol. The van der Waals surface area contributed by atoms with E-state index in [9.17, 15) is 10.2 Å². The van der Waals surface area contributed by atoms with Gasteiger partial charge in [0, 0.05) is 23.6 Å². The third-order valence-electron chi connectivity index (χ3n) is 6.29. The molecule has 0 saturated heterocycles. The summed E-state index contributed by atoms with van der Waals surface area (Å²) in [5.74, 6) is 0.651. The van der Waals surface area contributed by atoms with Crippen molar-refractivity contribution in [1.82, 2.24) is 0 Å². The Morgan fingerprint density at radius 2 is 0.800 bits per heavy atom. The van der Waals surface area contributed by atoms with E-state index in [0.717, 1.165) is 47.9 Å². The van der Waals surface area contributed by atoms with E-state index in [4.69, 9.17) is 0 Å². The lowest BCUT2D eigenvalue weighted by atomic mass is 9.83. The van der Waals surface area contributed by atoms with Crippen LogP contribution in [0.3, 0.4) is 0 Å². The van der Waals surface area contributed by atoms with Crippen LogP contribution in [-0.2, 0) is 25.7 Å². The summed E-state index contributed by atoms with van der Waals surface area (Å²) in [6.07, 6.45) is 7.04. The lowest BCUT2D eigenvalue weighted by Crippen LogP contribution is -2.13. The van der Waals surface area contributed by atoms with E-state index in [1.54, 1.807) is 12.4 Å². The lowest BCUT2D eigenvalue weighted by molar-refractivity contribution is 0.391. The standard InChI is InChI=1S/C36H56N2O2/c1-33(2,3)19-25-15-27(21-35(7,8)9)31(39)29(17-25)23-37-13-14-38-24-30-18-26(20-34(4,5)6)16-28(32(30)40)22-36(10,11)12/h15-18,23-24,39-40H,13-14,19-22H2,1-12H3. The highest BCUT2D eigenvalue weighted by Crippen LogP contribution is 2.34. The molecule has 222 valence electrons. The predicted molar refractivity (Wildman–Crippen MR) is 174 cm³/mol. The zero-order chi connectivity index (χ0) is 30.5. The molecule has 4 nitrogen and oxygen atoms in total. The van der Waals surface area contributed by atoms with Crippen LogP contribution < -0.4 is 0 Å². The molecule has 0 aliphatic carbocycles. The van der Waals surface area contributed by atoms with Gasteiger partial charge in [-0.3, -0.25) is 9.98 Å². The molecule has 4 heteroatoms. The second kappa shape index (κ2) is 12.9. The second-order valence-electron chi connectivity index (χ2n) is 16.4. The van der Waals surface area contributed by atoms with Gasteiger partial charge in [0.15, 0.2) is 0 Å². The third kappa shape index (κ3) is 12.3. The van der Waals surface area contributed by atoms with Crippen molar-refractivity contribution in [2.75, 3.05) is 13.1 Å². The summed E-state index contributed by atoms with van der Waals surface area (Å²) in [6.45, 7) is 27.6. The summed E-state index contributed by atoms with van der Waals surface area (Å²) >= 11 is 0. The van der Waals surface area contributed by atoms with E-state index < -0.39 is 0 Å². The van der Waals surface area contributed by atoms with Crippen LogP contribution in [0, 0.1) is 21.7 Å². The van der Waals surface area contributed by atoms with E-state index in [-0.39, 0.29) is 21.7 Å². The molecule has 0 unspecified atom stereocenters. The number of aromatic hydroxyl groups is 2. The van der Waals surface area contributed by atoms with E-state index in [1.165, 1.54) is 11.1 Å². The fraction of sp³-hybridized carbons (Fsp3) is 0.611. The second-order valence-corrected chi connectivity index (χ2v) is 16.4. The van der Waals surface area contributed by atoms with Gasteiger partial charge in [-0.2, -0.15) is 0 Å². The Morgan fingerprint density at radius 1 is 0.500 bits per heavy atom. The van der Waals surface area contributed by atoms with Crippen LogP contribution in [0.1, 0.15) is 116 Å². The SMILES string of the molecule is CC(C)(C)Cc1cc(C=NCCN=Cc2cc(CC(C)(C)C)cc(CC(C)(C)C)c2O)c(O)c(CC(C)(C)C)c1. The minimum Gasteiger partial charge on any atom is -0.507 e. The predicted octanol–water partition coefficient (Wildman–Crippen LogP) is 8.99. The van der Waals surface area contributed by atoms with E-state index in [0.29, 0.717) is 24.6 Å². The first-order chi connectivity index (χ1) is 18.1. The van der Waals surface area contributed by atoms with Gasteiger partial charge in [0.05, 0.1) is 13.1 Å². The van der Waals surface area contributed by atoms with Crippen molar-refractivity contribution in [3.05, 3.63) is 57.6 Å². The van der Waals surface area contributed by atoms with Gasteiger partial charge in [0.2, 0.25) is 0 Å². The minimum absolute atomic E-state index is 0.0729. The number of hydrogen-bond donors (Lipinski definition) is 2. The number of nitrogens with zero attached hydrogens (tertiary/aromatic N) is 2. The molecule has 0 saturated carbocycles. The maximum Gasteiger partial charge on any atom is 0.127 e. The molecule has 2 aromatic carbocycles. The van der Waals surface area contributed by atoms with Crippen molar-refractivity contribution in [2.45, 2.75) is 109 Å². The average Bonchev–Trinajstić information content (AvgIpc) is 2.72. The Bertz CT molecular complexity index is 1100. The summed E-state index contributed by atoms with van der Waals surface area (Å²) in [5, 5.41) is 22.0. The highest BCUT2D eigenvalue weighted by molar-refractivity contribution is 5.85. The number of benzene rings is 2. The Morgan fingerprint density at radius 3 is 1.07 bits per heavy atom. The summed E-state index contributed by atoms with van der Waals surface area (Å²) < 4.78 is 0. The lowest BCUT2D eigenvalue weighted by Gasteiger charge is -2.23. The number of phenols is 2. The molecule has 0 aliphatic rings. The molecule has 2 aromatic rings. The molecule has 0 radical (unpaired) electrons. The van der Waals surface area contributed by atoms with Crippen LogP contribution in [0.5, 0.6) is 11.5 Å². The van der Waals surface area contributed by atoms with Gasteiger partial charge in [-0.1, -0.05) is 95.2 Å². The molecule has 2 rings (SSSR count). The quantitative estimate of drug-likeness (QED) is 0.242. The van der Waals surface area contributed by atoms with Gasteiger partial charge >= 0.3 is 0 Å². The Labute approximate surface area is 245 Å². The Hall–Kier alpha value is -2.62. The molecular formula is C36H56N2O2. The summed E-state index contributed by atoms with van der Waals surface area (Å²) in [6, 6.07) is 8.44. The van der Waals surface area contributed by atoms with Gasteiger partial charge in [-0.25, -0.2) is 0 Å². The maximum atomic E-state index is 11.0. The summed E-state index contributed by atoms with van der Waals surface area (Å²) in [5.41, 5.74) is 6.39. The largest absolute Gasteiger partial charge is 0.507 e. The summed E-state index contributed by atoms with van der Waals surface area (Å²) in [4.78, 5) is 9.20. The topological polar surface area (TPSA) is 65.2 Å². The van der Waals surface area contributed by atoms with E-state index in [2.05, 4.69) is 117 Å². The fourth-order valence-electron chi connectivity index (χ4n) is 5.05. The molecule has 0 bridgehead atoms. The van der Waals surface area contributed by atoms with Crippen molar-refractivity contribution >= 4 is 12.4 Å². The Balaban J connectivity index is 2.23. The fourth-order valence-corrected chi connectivity index (χ4v) is 5.05. The highest BCUT2D eigenvalue weighted by atomic mass is 16.3. The number of aliphatic imine (C=N–C) groups is 2. The van der Waals surface area contributed by atoms with Crippen molar-refractivity contribution < 1.29 is 10.2 Å². The van der Waals surface area contributed by atoms with Crippen LogP contribution in [0.25, 0.3) is 0 Å². The smallest absolute Gasteiger partial charge is 0.127 e. The normalized spacial score (nSPS) is 13.6. The van der Waals surface area contributed by atoms with E-state index >= 15 is 0 Å². The number of hydrogen-bond acceptors (Lipinski definition) is 4. The van der Waals surface area contributed by atoms with Gasteiger partial charge in [-0.05, 0) is 81.7 Å². The molecule has 0 atom stereocenters. The first-order valence-electron chi connectivity index (χ1n) is 14.8. The molecule has 0 amide bonds. The number of rotatable bonds is 9. The average molecular weight is 549 g/mol. The van der Waals surface area contributed by atoms with Crippen LogP contribution in [0.4, 0.5) is 0 Å². The zero-order valence-electron chi connectivity index (χ0n) is 27.5. The van der Waals surface area contributed by atoms with Gasteiger partial charge < -0.3 is 10.2 Å². The third-order valence-corrected chi connectivity index (χ3v) is 6.29. The Kier molecular flexibility index (Phi) is 10.8. The van der Waals surface area contributed by atoms with Crippen molar-refractivity contribution in [3.8, 4) is 11.5 Å². The number of phenolic OH excluding ortho intramolecular Hbond substituents is 2. The molecule has 0 fully saturated rings. The maximum absolute atomic E-state index is 11.0. The molecule has 0 spiro atoms. The van der Waals surface area contributed by atoms with Crippen LogP contribution >= 0.6 is 0 Å². The van der Waals surface area contributed by atoms with E-state index in [1.807, 2.05) is 0 Å². The molecule has 2 N–H and O–H groups in total. The van der Waals surface area contributed by atoms with Crippen molar-refractivity contribution in [3.63, 3.8) is 0 Å².